The van der Waals surface area contributed by atoms with Crippen LogP contribution in [0.5, 0.6) is 0 Å². The number of para-hydroxylation sites is 1. The lowest BCUT2D eigenvalue weighted by atomic mass is 9.98. The van der Waals surface area contributed by atoms with Gasteiger partial charge in [-0.3, -0.25) is 4.79 Å². The Labute approximate surface area is 121 Å². The molecule has 0 bridgehead atoms. The summed E-state index contributed by atoms with van der Waals surface area (Å²) in [6.45, 7) is 1.84. The third-order valence-electron chi connectivity index (χ3n) is 3.70. The minimum Gasteiger partial charge on any atom is -0.373 e. The first-order valence-electron chi connectivity index (χ1n) is 7.43. The van der Waals surface area contributed by atoms with Crippen molar-refractivity contribution < 1.29 is 4.79 Å². The van der Waals surface area contributed by atoms with E-state index in [2.05, 4.69) is 35.7 Å². The summed E-state index contributed by atoms with van der Waals surface area (Å²) in [6.07, 6.45) is 4.00. The van der Waals surface area contributed by atoms with Crippen LogP contribution in [0.3, 0.4) is 0 Å². The van der Waals surface area contributed by atoms with Crippen molar-refractivity contribution in [3.63, 3.8) is 0 Å². The number of anilines is 1. The van der Waals surface area contributed by atoms with E-state index in [4.69, 9.17) is 0 Å². The van der Waals surface area contributed by atoms with Crippen molar-refractivity contribution in [3.8, 4) is 0 Å². The molecule has 0 aliphatic carbocycles. The van der Waals surface area contributed by atoms with E-state index >= 15 is 0 Å². The van der Waals surface area contributed by atoms with Crippen molar-refractivity contribution in [2.75, 3.05) is 32.5 Å². The molecule has 0 saturated heterocycles. The number of aryl methyl sites for hydroxylation is 1. The number of carbonyl (C=O) groups excluding carboxylic acids is 1. The van der Waals surface area contributed by atoms with E-state index in [1.807, 2.05) is 18.2 Å². The van der Waals surface area contributed by atoms with Gasteiger partial charge < -0.3 is 15.5 Å². The van der Waals surface area contributed by atoms with Crippen molar-refractivity contribution in [1.82, 2.24) is 10.2 Å². The predicted molar refractivity (Wildman–Crippen MR) is 83.0 cm³/mol. The maximum atomic E-state index is 12.1. The Bertz CT molecular complexity index is 445. The predicted octanol–water partition coefficient (Wildman–Crippen LogP) is 1.87. The highest BCUT2D eigenvalue weighted by Crippen LogP contribution is 2.24. The molecule has 20 heavy (non-hydrogen) atoms. The van der Waals surface area contributed by atoms with Gasteiger partial charge >= 0.3 is 0 Å². The van der Waals surface area contributed by atoms with Crippen molar-refractivity contribution >= 4 is 11.6 Å². The van der Waals surface area contributed by atoms with Gasteiger partial charge in [-0.1, -0.05) is 18.2 Å². The van der Waals surface area contributed by atoms with E-state index in [-0.39, 0.29) is 11.9 Å². The number of amides is 1. The molecule has 4 nitrogen and oxygen atoms in total. The van der Waals surface area contributed by atoms with Crippen LogP contribution in [0.1, 0.15) is 24.8 Å². The molecule has 1 aliphatic heterocycles. The van der Waals surface area contributed by atoms with Gasteiger partial charge in [-0.15, -0.1) is 0 Å². The van der Waals surface area contributed by atoms with E-state index in [0.717, 1.165) is 44.5 Å². The number of nitrogens with one attached hydrogen (secondary N) is 2. The number of nitrogens with zero attached hydrogens (tertiary/aromatic N) is 1. The highest BCUT2D eigenvalue weighted by Gasteiger charge is 2.22. The number of carbonyl (C=O) groups is 1. The van der Waals surface area contributed by atoms with E-state index in [1.54, 1.807) is 0 Å². The monoisotopic (exact) mass is 275 g/mol. The van der Waals surface area contributed by atoms with Gasteiger partial charge in [0.1, 0.15) is 6.04 Å². The van der Waals surface area contributed by atoms with E-state index in [0.29, 0.717) is 0 Å². The second kappa shape index (κ2) is 7.29. The molecule has 0 saturated carbocycles. The molecule has 4 heteroatoms. The SMILES string of the molecule is CN(C)CCCCNC(=O)C1CCc2ccccc2N1. The van der Waals surface area contributed by atoms with Gasteiger partial charge in [0.05, 0.1) is 0 Å². The summed E-state index contributed by atoms with van der Waals surface area (Å²) in [6, 6.07) is 8.14. The summed E-state index contributed by atoms with van der Waals surface area (Å²) in [5.74, 6) is 0.129. The largest absolute Gasteiger partial charge is 0.373 e. The van der Waals surface area contributed by atoms with Gasteiger partial charge in [0.25, 0.3) is 0 Å². The Balaban J connectivity index is 1.72. The standard InChI is InChI=1S/C16H25N3O/c1-19(2)12-6-5-11-17-16(20)15-10-9-13-7-3-4-8-14(13)18-15/h3-4,7-8,15,18H,5-6,9-12H2,1-2H3,(H,17,20). The van der Waals surface area contributed by atoms with Crippen LogP contribution < -0.4 is 10.6 Å². The maximum absolute atomic E-state index is 12.1. The minimum absolute atomic E-state index is 0.0845. The van der Waals surface area contributed by atoms with Crippen LogP contribution in [0.15, 0.2) is 24.3 Å². The molecule has 2 N–H and O–H groups in total. The molecule has 1 unspecified atom stereocenters. The molecule has 0 radical (unpaired) electrons. The summed E-state index contributed by atoms with van der Waals surface area (Å²) in [5, 5.41) is 6.37. The van der Waals surface area contributed by atoms with Crippen LogP contribution in [-0.4, -0.2) is 44.0 Å². The van der Waals surface area contributed by atoms with Gasteiger partial charge in [0.15, 0.2) is 0 Å². The molecular weight excluding hydrogens is 250 g/mol. The zero-order valence-corrected chi connectivity index (χ0v) is 12.5. The first kappa shape index (κ1) is 14.9. The van der Waals surface area contributed by atoms with Crippen molar-refractivity contribution in [2.45, 2.75) is 31.7 Å². The Hall–Kier alpha value is -1.55. The van der Waals surface area contributed by atoms with Crippen LogP contribution >= 0.6 is 0 Å². The van der Waals surface area contributed by atoms with Crippen molar-refractivity contribution in [2.24, 2.45) is 0 Å². The summed E-state index contributed by atoms with van der Waals surface area (Å²) in [7, 11) is 4.14. The smallest absolute Gasteiger partial charge is 0.242 e. The summed E-state index contributed by atoms with van der Waals surface area (Å²) < 4.78 is 0. The minimum atomic E-state index is -0.0845. The molecule has 0 fully saturated rings. The van der Waals surface area contributed by atoms with Gasteiger partial charge in [-0.05, 0) is 58.0 Å². The Kier molecular flexibility index (Phi) is 5.41. The number of benzene rings is 1. The molecule has 1 heterocycles. The summed E-state index contributed by atoms with van der Waals surface area (Å²) in [4.78, 5) is 14.3. The second-order valence-electron chi connectivity index (χ2n) is 5.69. The zero-order valence-electron chi connectivity index (χ0n) is 12.5. The average Bonchev–Trinajstić information content (AvgIpc) is 2.46. The van der Waals surface area contributed by atoms with E-state index < -0.39 is 0 Å². The Morgan fingerprint density at radius 2 is 2.15 bits per heavy atom. The summed E-state index contributed by atoms with van der Waals surface area (Å²) >= 11 is 0. The second-order valence-corrected chi connectivity index (χ2v) is 5.69. The lowest BCUT2D eigenvalue weighted by Crippen LogP contribution is -2.42. The molecule has 1 aromatic carbocycles. The Morgan fingerprint density at radius 1 is 1.35 bits per heavy atom. The molecule has 1 aromatic rings. The van der Waals surface area contributed by atoms with Crippen LogP contribution in [0.2, 0.25) is 0 Å². The lowest BCUT2D eigenvalue weighted by molar-refractivity contribution is -0.122. The molecule has 1 amide bonds. The van der Waals surface area contributed by atoms with Crippen LogP contribution in [-0.2, 0) is 11.2 Å². The van der Waals surface area contributed by atoms with Gasteiger partial charge in [-0.25, -0.2) is 0 Å². The summed E-state index contributed by atoms with van der Waals surface area (Å²) in [5.41, 5.74) is 2.41. The fourth-order valence-corrected chi connectivity index (χ4v) is 2.52. The van der Waals surface area contributed by atoms with Gasteiger partial charge in [-0.2, -0.15) is 0 Å². The molecule has 0 aromatic heterocycles. The van der Waals surface area contributed by atoms with E-state index in [1.165, 1.54) is 5.56 Å². The molecule has 1 atom stereocenters. The highest BCUT2D eigenvalue weighted by molar-refractivity contribution is 5.85. The number of unbranched alkanes of at least 4 members (excludes halogenated alkanes) is 1. The number of rotatable bonds is 6. The lowest BCUT2D eigenvalue weighted by Gasteiger charge is -2.26. The quantitative estimate of drug-likeness (QED) is 0.779. The van der Waals surface area contributed by atoms with Gasteiger partial charge in [0.2, 0.25) is 5.91 Å². The first-order chi connectivity index (χ1) is 9.66. The molecular formula is C16H25N3O. The number of hydrogen-bond donors (Lipinski definition) is 2. The zero-order chi connectivity index (χ0) is 14.4. The molecule has 0 spiro atoms. The molecule has 110 valence electrons. The Morgan fingerprint density at radius 3 is 2.95 bits per heavy atom. The van der Waals surface area contributed by atoms with Crippen molar-refractivity contribution in [1.29, 1.82) is 0 Å². The number of hydrogen-bond acceptors (Lipinski definition) is 3. The van der Waals surface area contributed by atoms with Crippen molar-refractivity contribution in [3.05, 3.63) is 29.8 Å². The third-order valence-corrected chi connectivity index (χ3v) is 3.70. The highest BCUT2D eigenvalue weighted by atomic mass is 16.2. The normalized spacial score (nSPS) is 17.4. The molecule has 2 rings (SSSR count). The fourth-order valence-electron chi connectivity index (χ4n) is 2.52. The molecule has 1 aliphatic rings. The third kappa shape index (κ3) is 4.23. The van der Waals surface area contributed by atoms with Crippen LogP contribution in [0.25, 0.3) is 0 Å². The first-order valence-corrected chi connectivity index (χ1v) is 7.43. The van der Waals surface area contributed by atoms with Crippen LogP contribution in [0, 0.1) is 0 Å². The van der Waals surface area contributed by atoms with Crippen LogP contribution in [0.4, 0.5) is 5.69 Å². The number of fused-ring (bicyclic) bond motifs is 1. The van der Waals surface area contributed by atoms with Gasteiger partial charge in [0, 0.05) is 12.2 Å². The van der Waals surface area contributed by atoms with E-state index in [9.17, 15) is 4.79 Å². The fraction of sp³-hybridized carbons (Fsp3) is 0.562. The average molecular weight is 275 g/mol. The topological polar surface area (TPSA) is 44.4 Å². The maximum Gasteiger partial charge on any atom is 0.242 e.